The molecule has 0 saturated heterocycles. The summed E-state index contributed by atoms with van der Waals surface area (Å²) < 4.78 is 16.8. The number of aromatic carboxylic acids is 1. The summed E-state index contributed by atoms with van der Waals surface area (Å²) in [5, 5.41) is 12.7. The number of aromatic nitrogens is 1. The van der Waals surface area contributed by atoms with Crippen LogP contribution in [0.5, 0.6) is 0 Å². The zero-order valence-corrected chi connectivity index (χ0v) is 15.1. The number of nitrogens with one attached hydrogen (secondary N) is 1. The smallest absolute Gasteiger partial charge is 0.341 e. The van der Waals surface area contributed by atoms with E-state index in [9.17, 15) is 14.7 Å². The Morgan fingerprint density at radius 1 is 1.26 bits per heavy atom. The van der Waals surface area contributed by atoms with Crippen LogP contribution in [0.2, 0.25) is 0 Å². The van der Waals surface area contributed by atoms with Crippen LogP contribution >= 0.6 is 0 Å². The predicted molar refractivity (Wildman–Crippen MR) is 102 cm³/mol. The van der Waals surface area contributed by atoms with Gasteiger partial charge < -0.3 is 15.0 Å². The highest BCUT2D eigenvalue weighted by atomic mass is 19.1. The van der Waals surface area contributed by atoms with Gasteiger partial charge in [-0.1, -0.05) is 12.1 Å². The van der Waals surface area contributed by atoms with Crippen LogP contribution in [0.15, 0.2) is 35.3 Å². The van der Waals surface area contributed by atoms with E-state index in [1.807, 2.05) is 25.1 Å². The Morgan fingerprint density at radius 3 is 2.70 bits per heavy atom. The lowest BCUT2D eigenvalue weighted by Crippen LogP contribution is -2.19. The SMILES string of the molecule is CCn1cc(C(=O)O)c(=O)c2cc(F)c(-c3ccc4c(c3)CNC4)c(C)c21. The second-order valence-electron chi connectivity index (χ2n) is 6.80. The first-order valence-corrected chi connectivity index (χ1v) is 8.84. The summed E-state index contributed by atoms with van der Waals surface area (Å²) in [6.07, 6.45) is 1.34. The number of carboxylic acid groups (broad SMARTS) is 1. The van der Waals surface area contributed by atoms with Gasteiger partial charge in [0.25, 0.3) is 0 Å². The minimum atomic E-state index is -1.31. The van der Waals surface area contributed by atoms with E-state index in [0.717, 1.165) is 24.2 Å². The molecule has 1 aliphatic rings. The normalized spacial score (nSPS) is 13.1. The number of hydrogen-bond acceptors (Lipinski definition) is 3. The molecule has 0 amide bonds. The molecule has 0 fully saturated rings. The first kappa shape index (κ1) is 17.4. The Balaban J connectivity index is 2.05. The second-order valence-corrected chi connectivity index (χ2v) is 6.80. The largest absolute Gasteiger partial charge is 0.477 e. The number of pyridine rings is 1. The maximum Gasteiger partial charge on any atom is 0.341 e. The average Bonchev–Trinajstić information content (AvgIpc) is 3.10. The Hall–Kier alpha value is -2.99. The molecule has 1 aromatic heterocycles. The van der Waals surface area contributed by atoms with Gasteiger partial charge in [-0.15, -0.1) is 0 Å². The van der Waals surface area contributed by atoms with Crippen molar-refractivity contribution in [3.8, 4) is 11.1 Å². The molecule has 0 bridgehead atoms. The van der Waals surface area contributed by atoms with Crippen LogP contribution < -0.4 is 10.7 Å². The quantitative estimate of drug-likeness (QED) is 0.745. The molecule has 0 radical (unpaired) electrons. The van der Waals surface area contributed by atoms with Crippen molar-refractivity contribution < 1.29 is 14.3 Å². The maximum absolute atomic E-state index is 15.1. The van der Waals surface area contributed by atoms with E-state index >= 15 is 4.39 Å². The number of halogens is 1. The highest BCUT2D eigenvalue weighted by Crippen LogP contribution is 2.33. The fourth-order valence-electron chi connectivity index (χ4n) is 3.94. The van der Waals surface area contributed by atoms with Gasteiger partial charge in [0.05, 0.1) is 5.52 Å². The van der Waals surface area contributed by atoms with Crippen molar-refractivity contribution in [3.63, 3.8) is 0 Å². The molecule has 0 atom stereocenters. The number of hydrogen-bond donors (Lipinski definition) is 2. The van der Waals surface area contributed by atoms with Crippen molar-refractivity contribution in [1.82, 2.24) is 9.88 Å². The van der Waals surface area contributed by atoms with Crippen LogP contribution in [0.1, 0.15) is 34.0 Å². The standard InChI is InChI=1S/C21H19FN2O3/c1-3-24-10-16(21(26)27)20(25)15-7-17(22)18(11(2)19(15)24)12-4-5-13-8-23-9-14(13)6-12/h4-7,10,23H,3,8-9H2,1-2H3,(H,26,27). The molecule has 0 saturated carbocycles. The molecular formula is C21H19FN2O3. The summed E-state index contributed by atoms with van der Waals surface area (Å²) in [5.41, 5.74) is 3.74. The van der Waals surface area contributed by atoms with Gasteiger partial charge in [0.15, 0.2) is 0 Å². The van der Waals surface area contributed by atoms with Crippen molar-refractivity contribution in [3.05, 3.63) is 68.8 Å². The van der Waals surface area contributed by atoms with E-state index < -0.39 is 17.2 Å². The first-order valence-electron chi connectivity index (χ1n) is 8.84. The summed E-state index contributed by atoms with van der Waals surface area (Å²) in [7, 11) is 0. The third-order valence-corrected chi connectivity index (χ3v) is 5.25. The number of rotatable bonds is 3. The van der Waals surface area contributed by atoms with Gasteiger partial charge >= 0.3 is 5.97 Å². The molecule has 0 spiro atoms. The molecular weight excluding hydrogens is 347 g/mol. The zero-order chi connectivity index (χ0) is 19.3. The number of benzene rings is 2. The molecule has 5 nitrogen and oxygen atoms in total. The maximum atomic E-state index is 15.1. The van der Waals surface area contributed by atoms with Gasteiger partial charge in [-0.05, 0) is 48.2 Å². The molecule has 2 aromatic carbocycles. The van der Waals surface area contributed by atoms with Gasteiger partial charge in [0.1, 0.15) is 11.4 Å². The van der Waals surface area contributed by atoms with Crippen molar-refractivity contribution >= 4 is 16.9 Å². The third-order valence-electron chi connectivity index (χ3n) is 5.25. The van der Waals surface area contributed by atoms with E-state index in [-0.39, 0.29) is 10.9 Å². The fourth-order valence-corrected chi connectivity index (χ4v) is 3.94. The monoisotopic (exact) mass is 366 g/mol. The van der Waals surface area contributed by atoms with Crippen molar-refractivity contribution in [2.24, 2.45) is 0 Å². The van der Waals surface area contributed by atoms with Gasteiger partial charge in [0, 0.05) is 36.8 Å². The van der Waals surface area contributed by atoms with E-state index in [4.69, 9.17) is 0 Å². The highest BCUT2D eigenvalue weighted by molar-refractivity contribution is 5.95. The Bertz CT molecular complexity index is 1160. The molecule has 1 aliphatic heterocycles. The lowest BCUT2D eigenvalue weighted by atomic mass is 9.94. The molecule has 6 heteroatoms. The third kappa shape index (κ3) is 2.64. The Morgan fingerprint density at radius 2 is 2.00 bits per heavy atom. The molecule has 3 aromatic rings. The van der Waals surface area contributed by atoms with Crippen LogP contribution in [0, 0.1) is 12.7 Å². The molecule has 2 N–H and O–H groups in total. The van der Waals surface area contributed by atoms with E-state index in [2.05, 4.69) is 5.32 Å². The summed E-state index contributed by atoms with van der Waals surface area (Å²) in [6, 6.07) is 7.04. The lowest BCUT2D eigenvalue weighted by Gasteiger charge is -2.17. The highest BCUT2D eigenvalue weighted by Gasteiger charge is 2.21. The van der Waals surface area contributed by atoms with Gasteiger partial charge in [0.2, 0.25) is 5.43 Å². The number of carbonyl (C=O) groups is 1. The van der Waals surface area contributed by atoms with Gasteiger partial charge in [-0.2, -0.15) is 0 Å². The second kappa shape index (κ2) is 6.32. The van der Waals surface area contributed by atoms with Crippen molar-refractivity contribution in [2.45, 2.75) is 33.5 Å². The molecule has 2 heterocycles. The van der Waals surface area contributed by atoms with E-state index in [1.165, 1.54) is 17.8 Å². The van der Waals surface area contributed by atoms with Crippen LogP contribution in [0.25, 0.3) is 22.0 Å². The molecule has 0 aliphatic carbocycles. The van der Waals surface area contributed by atoms with Gasteiger partial charge in [-0.25, -0.2) is 9.18 Å². The molecule has 138 valence electrons. The van der Waals surface area contributed by atoms with Crippen LogP contribution in [-0.4, -0.2) is 15.6 Å². The average molecular weight is 366 g/mol. The molecule has 0 unspecified atom stereocenters. The molecule has 4 rings (SSSR count). The van der Waals surface area contributed by atoms with E-state index in [0.29, 0.717) is 23.2 Å². The summed E-state index contributed by atoms with van der Waals surface area (Å²) >= 11 is 0. The van der Waals surface area contributed by atoms with E-state index in [1.54, 1.807) is 11.5 Å². The Labute approximate surface area is 155 Å². The predicted octanol–water partition coefficient (Wildman–Crippen LogP) is 3.44. The number of nitrogens with zero attached hydrogens (tertiary/aromatic N) is 1. The van der Waals surface area contributed by atoms with Crippen molar-refractivity contribution in [1.29, 1.82) is 0 Å². The topological polar surface area (TPSA) is 71.3 Å². The summed E-state index contributed by atoms with van der Waals surface area (Å²) in [5.74, 6) is -1.83. The zero-order valence-electron chi connectivity index (χ0n) is 15.1. The number of fused-ring (bicyclic) bond motifs is 2. The summed E-state index contributed by atoms with van der Waals surface area (Å²) in [4.78, 5) is 24.0. The first-order chi connectivity index (χ1) is 12.9. The molecule has 27 heavy (non-hydrogen) atoms. The lowest BCUT2D eigenvalue weighted by molar-refractivity contribution is 0.0695. The fraction of sp³-hybridized carbons (Fsp3) is 0.238. The summed E-state index contributed by atoms with van der Waals surface area (Å²) in [6.45, 7) is 5.66. The van der Waals surface area contributed by atoms with Crippen molar-refractivity contribution in [2.75, 3.05) is 0 Å². The van der Waals surface area contributed by atoms with Crippen LogP contribution in [0.4, 0.5) is 4.39 Å². The van der Waals surface area contributed by atoms with Gasteiger partial charge in [-0.3, -0.25) is 4.79 Å². The number of aryl methyl sites for hydroxylation is 2. The minimum absolute atomic E-state index is 0.0957. The number of carboxylic acids is 1. The Kier molecular flexibility index (Phi) is 4.08. The minimum Gasteiger partial charge on any atom is -0.477 e. The van der Waals surface area contributed by atoms with Crippen LogP contribution in [-0.2, 0) is 19.6 Å². The van der Waals surface area contributed by atoms with Crippen LogP contribution in [0.3, 0.4) is 0 Å².